The van der Waals surface area contributed by atoms with Gasteiger partial charge in [0.2, 0.25) is 0 Å². The van der Waals surface area contributed by atoms with Crippen molar-refractivity contribution in [3.05, 3.63) is 52.4 Å². The summed E-state index contributed by atoms with van der Waals surface area (Å²) in [6, 6.07) is 9.05. The van der Waals surface area contributed by atoms with E-state index in [2.05, 4.69) is 21.2 Å². The molecule has 88 valence electrons. The van der Waals surface area contributed by atoms with Crippen LogP contribution < -0.4 is 5.32 Å². The molecule has 0 radical (unpaired) electrons. The average molecular weight is 296 g/mol. The van der Waals surface area contributed by atoms with Gasteiger partial charge in [0.15, 0.2) is 0 Å². The van der Waals surface area contributed by atoms with Crippen LogP contribution in [0.1, 0.15) is 16.1 Å². The van der Waals surface area contributed by atoms with Gasteiger partial charge in [-0.05, 0) is 30.3 Å². The van der Waals surface area contributed by atoms with Gasteiger partial charge >= 0.3 is 5.97 Å². The topological polar surface area (TPSA) is 62.5 Å². The number of rotatable bonds is 4. The minimum atomic E-state index is -0.980. The van der Waals surface area contributed by atoms with Crippen molar-refractivity contribution in [2.45, 2.75) is 6.54 Å². The first kappa shape index (κ1) is 11.7. The highest BCUT2D eigenvalue weighted by molar-refractivity contribution is 9.10. The van der Waals surface area contributed by atoms with Gasteiger partial charge in [-0.1, -0.05) is 15.9 Å². The molecule has 0 fully saturated rings. The van der Waals surface area contributed by atoms with Gasteiger partial charge in [-0.25, -0.2) is 4.79 Å². The van der Waals surface area contributed by atoms with Crippen molar-refractivity contribution in [3.63, 3.8) is 0 Å². The highest BCUT2D eigenvalue weighted by Crippen LogP contribution is 2.16. The normalized spacial score (nSPS) is 10.2. The molecule has 2 rings (SSSR count). The number of furan rings is 1. The molecule has 0 bridgehead atoms. The summed E-state index contributed by atoms with van der Waals surface area (Å²) in [7, 11) is 0. The first-order valence-corrected chi connectivity index (χ1v) is 5.75. The van der Waals surface area contributed by atoms with Crippen molar-refractivity contribution >= 4 is 27.6 Å². The van der Waals surface area contributed by atoms with Crippen LogP contribution in [-0.2, 0) is 6.54 Å². The molecular formula is C12H10BrNO3. The highest BCUT2D eigenvalue weighted by Gasteiger charge is 2.12. The zero-order valence-electron chi connectivity index (χ0n) is 8.81. The predicted octanol–water partition coefficient (Wildman–Crippen LogP) is 3.35. The van der Waals surface area contributed by atoms with Crippen molar-refractivity contribution in [2.24, 2.45) is 0 Å². The minimum Gasteiger partial charge on any atom is -0.478 e. The molecule has 0 atom stereocenters. The van der Waals surface area contributed by atoms with E-state index in [4.69, 9.17) is 9.52 Å². The SMILES string of the molecule is O=C(O)c1ccoc1CNc1ccc(Br)cc1. The fourth-order valence-corrected chi connectivity index (χ4v) is 1.68. The van der Waals surface area contributed by atoms with Crippen molar-refractivity contribution in [1.82, 2.24) is 0 Å². The van der Waals surface area contributed by atoms with E-state index < -0.39 is 5.97 Å². The zero-order valence-corrected chi connectivity index (χ0v) is 10.4. The Morgan fingerprint density at radius 3 is 2.65 bits per heavy atom. The van der Waals surface area contributed by atoms with E-state index in [1.54, 1.807) is 0 Å². The van der Waals surface area contributed by atoms with Gasteiger partial charge in [-0.2, -0.15) is 0 Å². The maximum atomic E-state index is 10.8. The second-order valence-electron chi connectivity index (χ2n) is 3.42. The number of carbonyl (C=O) groups is 1. The Morgan fingerprint density at radius 1 is 1.29 bits per heavy atom. The number of hydrogen-bond donors (Lipinski definition) is 2. The fraction of sp³-hybridized carbons (Fsp3) is 0.0833. The van der Waals surface area contributed by atoms with Crippen LogP contribution in [0.25, 0.3) is 0 Å². The average Bonchev–Trinajstić information content (AvgIpc) is 2.76. The van der Waals surface area contributed by atoms with E-state index in [1.165, 1.54) is 12.3 Å². The summed E-state index contributed by atoms with van der Waals surface area (Å²) in [5.41, 5.74) is 1.09. The van der Waals surface area contributed by atoms with Crippen LogP contribution in [0.15, 0.2) is 45.5 Å². The molecule has 0 spiro atoms. The lowest BCUT2D eigenvalue weighted by atomic mass is 10.2. The van der Waals surface area contributed by atoms with Crippen molar-refractivity contribution in [1.29, 1.82) is 0 Å². The molecule has 2 N–H and O–H groups in total. The lowest BCUT2D eigenvalue weighted by Gasteiger charge is -2.05. The first-order chi connectivity index (χ1) is 8.16. The number of hydrogen-bond acceptors (Lipinski definition) is 3. The van der Waals surface area contributed by atoms with E-state index in [-0.39, 0.29) is 5.56 Å². The lowest BCUT2D eigenvalue weighted by molar-refractivity contribution is 0.0694. The Labute approximate surface area is 106 Å². The van der Waals surface area contributed by atoms with Crippen LogP contribution in [0.4, 0.5) is 5.69 Å². The molecule has 1 heterocycles. The number of nitrogens with one attached hydrogen (secondary N) is 1. The molecule has 4 nitrogen and oxygen atoms in total. The molecular weight excluding hydrogens is 286 g/mol. The molecule has 0 saturated carbocycles. The maximum absolute atomic E-state index is 10.8. The second kappa shape index (κ2) is 5.05. The Kier molecular flexibility index (Phi) is 3.49. The van der Waals surface area contributed by atoms with Crippen molar-refractivity contribution in [2.75, 3.05) is 5.32 Å². The summed E-state index contributed by atoms with van der Waals surface area (Å²) in [5, 5.41) is 12.0. The smallest absolute Gasteiger partial charge is 0.339 e. The Hall–Kier alpha value is -1.75. The van der Waals surface area contributed by atoms with E-state index in [9.17, 15) is 4.79 Å². The predicted molar refractivity (Wildman–Crippen MR) is 67.1 cm³/mol. The van der Waals surface area contributed by atoms with Crippen LogP contribution in [0.3, 0.4) is 0 Å². The molecule has 1 aromatic carbocycles. The lowest BCUT2D eigenvalue weighted by Crippen LogP contribution is -2.04. The summed E-state index contributed by atoms with van der Waals surface area (Å²) in [6.45, 7) is 0.344. The van der Waals surface area contributed by atoms with E-state index in [0.717, 1.165) is 10.2 Å². The van der Waals surface area contributed by atoms with Crippen LogP contribution >= 0.6 is 15.9 Å². The molecule has 0 aliphatic heterocycles. The highest BCUT2D eigenvalue weighted by atomic mass is 79.9. The molecule has 0 aliphatic carbocycles. The standard InChI is InChI=1S/C12H10BrNO3/c13-8-1-3-9(4-2-8)14-7-11-10(12(15)16)5-6-17-11/h1-6,14H,7H2,(H,15,16). The zero-order chi connectivity index (χ0) is 12.3. The number of carboxylic acid groups (broad SMARTS) is 1. The molecule has 0 saturated heterocycles. The number of carboxylic acids is 1. The molecule has 5 heteroatoms. The number of benzene rings is 1. The summed E-state index contributed by atoms with van der Waals surface area (Å²) in [5.74, 6) is -0.563. The molecule has 0 unspecified atom stereocenters. The van der Waals surface area contributed by atoms with E-state index in [1.807, 2.05) is 24.3 Å². The van der Waals surface area contributed by atoms with E-state index in [0.29, 0.717) is 12.3 Å². The number of halogens is 1. The number of anilines is 1. The van der Waals surface area contributed by atoms with Gasteiger partial charge in [0.25, 0.3) is 0 Å². The minimum absolute atomic E-state index is 0.189. The third-order valence-electron chi connectivity index (χ3n) is 2.27. The molecule has 1 aromatic heterocycles. The Balaban J connectivity index is 2.05. The molecule has 0 aliphatic rings. The van der Waals surface area contributed by atoms with Gasteiger partial charge in [-0.3, -0.25) is 0 Å². The van der Waals surface area contributed by atoms with Crippen molar-refractivity contribution in [3.8, 4) is 0 Å². The van der Waals surface area contributed by atoms with Crippen LogP contribution in [0, 0.1) is 0 Å². The third-order valence-corrected chi connectivity index (χ3v) is 2.80. The van der Waals surface area contributed by atoms with Gasteiger partial charge in [-0.15, -0.1) is 0 Å². The van der Waals surface area contributed by atoms with Gasteiger partial charge in [0, 0.05) is 10.2 Å². The van der Waals surface area contributed by atoms with Crippen LogP contribution in [-0.4, -0.2) is 11.1 Å². The van der Waals surface area contributed by atoms with Gasteiger partial charge in [0.05, 0.1) is 12.8 Å². The van der Waals surface area contributed by atoms with E-state index >= 15 is 0 Å². The van der Waals surface area contributed by atoms with Gasteiger partial charge in [0.1, 0.15) is 11.3 Å². The number of aromatic carboxylic acids is 1. The van der Waals surface area contributed by atoms with Crippen LogP contribution in [0.5, 0.6) is 0 Å². The maximum Gasteiger partial charge on any atom is 0.339 e. The van der Waals surface area contributed by atoms with Crippen molar-refractivity contribution < 1.29 is 14.3 Å². The Bertz CT molecular complexity index is 519. The third kappa shape index (κ3) is 2.88. The molecule has 2 aromatic rings. The summed E-state index contributed by atoms with van der Waals surface area (Å²) < 4.78 is 6.11. The molecule has 17 heavy (non-hydrogen) atoms. The summed E-state index contributed by atoms with van der Waals surface area (Å²) in [6.07, 6.45) is 1.38. The first-order valence-electron chi connectivity index (χ1n) is 4.96. The quantitative estimate of drug-likeness (QED) is 0.908. The Morgan fingerprint density at radius 2 is 2.00 bits per heavy atom. The summed E-state index contributed by atoms with van der Waals surface area (Å²) in [4.78, 5) is 10.8. The van der Waals surface area contributed by atoms with Crippen LogP contribution in [0.2, 0.25) is 0 Å². The van der Waals surface area contributed by atoms with Gasteiger partial charge < -0.3 is 14.8 Å². The largest absolute Gasteiger partial charge is 0.478 e. The second-order valence-corrected chi connectivity index (χ2v) is 4.34. The molecule has 0 amide bonds. The fourth-order valence-electron chi connectivity index (χ4n) is 1.42. The summed E-state index contributed by atoms with van der Waals surface area (Å²) >= 11 is 3.34. The monoisotopic (exact) mass is 295 g/mol.